The van der Waals surface area contributed by atoms with Crippen molar-refractivity contribution in [1.29, 1.82) is 0 Å². The molecule has 3 N–H and O–H groups in total. The molecule has 1 aromatic heterocycles. The highest BCUT2D eigenvalue weighted by molar-refractivity contribution is 5.96. The Morgan fingerprint density at radius 1 is 1.27 bits per heavy atom. The predicted octanol–water partition coefficient (Wildman–Crippen LogP) is 3.76. The first-order valence-corrected chi connectivity index (χ1v) is 14.9. The van der Waals surface area contributed by atoms with Crippen LogP contribution in [0.4, 0.5) is 4.79 Å². The van der Waals surface area contributed by atoms with Crippen molar-refractivity contribution in [2.24, 2.45) is 29.1 Å². The molecule has 0 radical (unpaired) electrons. The monoisotopic (exact) mass is 559 g/mol. The average Bonchev–Trinajstić information content (AvgIpc) is 3.29. The Balaban J connectivity index is 1.43. The Morgan fingerprint density at radius 3 is 2.58 bits per heavy atom. The molecule has 1 heterocycles. The number of aromatic nitrogens is 2. The summed E-state index contributed by atoms with van der Waals surface area (Å²) in [7, 11) is 1.85. The molecule has 2 amide bonds. The number of likely N-dealkylation sites (N-methyl/N-ethyl adjacent to an activating group) is 2. The molecule has 0 aromatic carbocycles. The number of nitrogens with one attached hydrogen (secondary N) is 2. The second kappa shape index (κ2) is 12.5. The Morgan fingerprint density at radius 2 is 1.98 bits per heavy atom. The molecular formula is C30H49N5O5. The van der Waals surface area contributed by atoms with Gasteiger partial charge in [0.25, 0.3) is 5.91 Å². The number of nitrogens with zero attached hydrogens (tertiary/aromatic N) is 3. The van der Waals surface area contributed by atoms with Gasteiger partial charge in [0.05, 0.1) is 18.4 Å². The lowest BCUT2D eigenvalue weighted by atomic mass is 9.52. The lowest BCUT2D eigenvalue weighted by Gasteiger charge is -2.58. The van der Waals surface area contributed by atoms with Crippen molar-refractivity contribution in [1.82, 2.24) is 25.3 Å². The standard InChI is InChI=1S/C30H49N5O5/c1-7-34(11-9-31-6)28(37)40-19-29(4,5)8-10-35-27(39-18-20(2)3)24(17-32-35)26(36)33-25-22-12-21-13-23(25)16-30(38,14-21)15-22/h8,10,17,20-23,25,31,38H,7,9,11-16,18-19H2,1-6H3,(H,33,36)/b10-8+. The third kappa shape index (κ3) is 7.18. The van der Waals surface area contributed by atoms with Gasteiger partial charge in [-0.3, -0.25) is 4.79 Å². The van der Waals surface area contributed by atoms with Crippen molar-refractivity contribution in [2.45, 2.75) is 78.4 Å². The second-order valence-corrected chi connectivity index (χ2v) is 13.2. The van der Waals surface area contributed by atoms with Gasteiger partial charge in [0.2, 0.25) is 5.88 Å². The Bertz CT molecular complexity index is 1050. The number of aliphatic hydroxyl groups is 1. The van der Waals surface area contributed by atoms with E-state index in [4.69, 9.17) is 9.47 Å². The molecule has 0 spiro atoms. The molecule has 0 saturated heterocycles. The van der Waals surface area contributed by atoms with Crippen LogP contribution in [0.25, 0.3) is 6.20 Å². The van der Waals surface area contributed by atoms with Gasteiger partial charge in [0.15, 0.2) is 0 Å². The van der Waals surface area contributed by atoms with E-state index in [1.807, 2.05) is 33.9 Å². The van der Waals surface area contributed by atoms with E-state index < -0.39 is 11.0 Å². The number of rotatable bonds is 13. The van der Waals surface area contributed by atoms with Crippen molar-refractivity contribution < 1.29 is 24.2 Å². The predicted molar refractivity (Wildman–Crippen MR) is 154 cm³/mol. The number of carbonyl (C=O) groups is 2. The number of hydrogen-bond acceptors (Lipinski definition) is 7. The largest absolute Gasteiger partial charge is 0.477 e. The molecule has 1 aromatic rings. The minimum Gasteiger partial charge on any atom is -0.477 e. The van der Waals surface area contributed by atoms with Gasteiger partial charge in [-0.25, -0.2) is 9.48 Å². The fraction of sp³-hybridized carbons (Fsp3) is 0.767. The van der Waals surface area contributed by atoms with Crippen molar-refractivity contribution >= 4 is 18.2 Å². The number of amides is 2. The summed E-state index contributed by atoms with van der Waals surface area (Å²) in [5.41, 5.74) is -0.602. The van der Waals surface area contributed by atoms with Crippen LogP contribution in [0.3, 0.4) is 0 Å². The van der Waals surface area contributed by atoms with Gasteiger partial charge in [-0.1, -0.05) is 33.8 Å². The van der Waals surface area contributed by atoms with Gasteiger partial charge in [0.1, 0.15) is 12.2 Å². The summed E-state index contributed by atoms with van der Waals surface area (Å²) in [5, 5.41) is 21.7. The molecule has 40 heavy (non-hydrogen) atoms. The van der Waals surface area contributed by atoms with Gasteiger partial charge < -0.3 is 30.1 Å². The molecule has 4 aliphatic rings. The first kappa shape index (κ1) is 30.4. The zero-order valence-corrected chi connectivity index (χ0v) is 25.1. The first-order valence-electron chi connectivity index (χ1n) is 14.9. The maximum atomic E-state index is 13.5. The molecule has 10 nitrogen and oxygen atoms in total. The zero-order valence-electron chi connectivity index (χ0n) is 25.1. The van der Waals surface area contributed by atoms with Crippen LogP contribution in [0.15, 0.2) is 12.3 Å². The molecule has 4 aliphatic carbocycles. The highest BCUT2D eigenvalue weighted by atomic mass is 16.6. The summed E-state index contributed by atoms with van der Waals surface area (Å²) in [6.07, 6.45) is 9.53. The fourth-order valence-electron chi connectivity index (χ4n) is 6.73. The Kier molecular flexibility index (Phi) is 9.50. The van der Waals surface area contributed by atoms with Gasteiger partial charge in [0, 0.05) is 37.3 Å². The van der Waals surface area contributed by atoms with Crippen LogP contribution in [0.1, 0.15) is 77.1 Å². The zero-order chi connectivity index (χ0) is 29.1. The maximum absolute atomic E-state index is 13.5. The summed E-state index contributed by atoms with van der Waals surface area (Å²) in [4.78, 5) is 27.7. The minimum atomic E-state index is -0.540. The van der Waals surface area contributed by atoms with Crippen molar-refractivity contribution in [2.75, 3.05) is 39.9 Å². The normalized spacial score (nSPS) is 27.4. The van der Waals surface area contributed by atoms with Crippen LogP contribution >= 0.6 is 0 Å². The lowest BCUT2D eigenvalue weighted by Crippen LogP contribution is -2.61. The van der Waals surface area contributed by atoms with Gasteiger partial charge in [-0.15, -0.1) is 0 Å². The highest BCUT2D eigenvalue weighted by Gasteiger charge is 2.55. The van der Waals surface area contributed by atoms with Crippen molar-refractivity contribution in [3.63, 3.8) is 0 Å². The topological polar surface area (TPSA) is 118 Å². The van der Waals surface area contributed by atoms with E-state index in [1.54, 1.807) is 22.0 Å². The molecule has 2 atom stereocenters. The molecule has 4 bridgehead atoms. The van der Waals surface area contributed by atoms with Crippen LogP contribution in [-0.4, -0.2) is 83.3 Å². The van der Waals surface area contributed by atoms with E-state index in [-0.39, 0.29) is 30.6 Å². The summed E-state index contributed by atoms with van der Waals surface area (Å²) < 4.78 is 13.3. The number of carbonyl (C=O) groups excluding carboxylic acids is 2. The van der Waals surface area contributed by atoms with Crippen LogP contribution in [0.2, 0.25) is 0 Å². The minimum absolute atomic E-state index is 0.0746. The van der Waals surface area contributed by atoms with Crippen LogP contribution < -0.4 is 15.4 Å². The third-order valence-electron chi connectivity index (χ3n) is 8.59. The molecule has 4 saturated carbocycles. The van der Waals surface area contributed by atoms with E-state index >= 15 is 0 Å². The summed E-state index contributed by atoms with van der Waals surface area (Å²) in [6.45, 7) is 12.5. The molecule has 5 rings (SSSR count). The Labute approximate surface area is 238 Å². The number of hydrogen-bond donors (Lipinski definition) is 3. The molecule has 224 valence electrons. The van der Waals surface area contributed by atoms with E-state index in [0.717, 1.165) is 32.1 Å². The molecule has 10 heteroatoms. The van der Waals surface area contributed by atoms with Crippen molar-refractivity contribution in [3.05, 3.63) is 17.8 Å². The number of ether oxygens (including phenoxy) is 2. The molecule has 4 fully saturated rings. The van der Waals surface area contributed by atoms with E-state index in [0.29, 0.717) is 55.4 Å². The highest BCUT2D eigenvalue weighted by Crippen LogP contribution is 2.55. The maximum Gasteiger partial charge on any atom is 0.409 e. The lowest BCUT2D eigenvalue weighted by molar-refractivity contribution is -0.136. The van der Waals surface area contributed by atoms with E-state index in [1.165, 1.54) is 0 Å². The summed E-state index contributed by atoms with van der Waals surface area (Å²) >= 11 is 0. The van der Waals surface area contributed by atoms with Crippen LogP contribution in [0.5, 0.6) is 5.88 Å². The molecular weight excluding hydrogens is 510 g/mol. The molecule has 2 unspecified atom stereocenters. The van der Waals surface area contributed by atoms with Gasteiger partial charge >= 0.3 is 6.09 Å². The summed E-state index contributed by atoms with van der Waals surface area (Å²) in [6, 6.07) is 0.0746. The fourth-order valence-corrected chi connectivity index (χ4v) is 6.73. The molecule has 0 aliphatic heterocycles. The van der Waals surface area contributed by atoms with Crippen LogP contribution in [0, 0.1) is 29.1 Å². The summed E-state index contributed by atoms with van der Waals surface area (Å²) in [5.74, 6) is 1.71. The third-order valence-corrected chi connectivity index (χ3v) is 8.59. The van der Waals surface area contributed by atoms with Crippen molar-refractivity contribution in [3.8, 4) is 5.88 Å². The second-order valence-electron chi connectivity index (χ2n) is 13.2. The first-order chi connectivity index (χ1) is 18.9. The SMILES string of the molecule is CCN(CCNC)C(=O)OCC(C)(C)/C=C/n1ncc(C(=O)NC2C3CC4CC2CC(O)(C4)C3)c1OCC(C)C. The van der Waals surface area contributed by atoms with E-state index in [9.17, 15) is 14.7 Å². The van der Waals surface area contributed by atoms with Gasteiger partial charge in [-0.2, -0.15) is 5.10 Å². The average molecular weight is 560 g/mol. The Hall–Kier alpha value is -2.59. The van der Waals surface area contributed by atoms with Crippen LogP contribution in [-0.2, 0) is 4.74 Å². The van der Waals surface area contributed by atoms with E-state index in [2.05, 4.69) is 29.6 Å². The quantitative estimate of drug-likeness (QED) is 0.337. The van der Waals surface area contributed by atoms with Gasteiger partial charge in [-0.05, 0) is 69.7 Å². The smallest absolute Gasteiger partial charge is 0.409 e.